The van der Waals surface area contributed by atoms with Crippen molar-refractivity contribution in [1.29, 1.82) is 0 Å². The van der Waals surface area contributed by atoms with Gasteiger partial charge in [-0.3, -0.25) is 0 Å². The molecule has 0 aliphatic heterocycles. The SMILES string of the molecule is CSc1nnc2n(N=Cc3ccco3)cnn12. The van der Waals surface area contributed by atoms with Gasteiger partial charge in [0.2, 0.25) is 5.16 Å². The summed E-state index contributed by atoms with van der Waals surface area (Å²) in [6.07, 6.45) is 6.67. The van der Waals surface area contributed by atoms with Crippen LogP contribution in [0.4, 0.5) is 0 Å². The predicted molar refractivity (Wildman–Crippen MR) is 62.3 cm³/mol. The Morgan fingerprint density at radius 1 is 1.47 bits per heavy atom. The van der Waals surface area contributed by atoms with Gasteiger partial charge in [-0.1, -0.05) is 11.8 Å². The minimum atomic E-state index is 0.567. The van der Waals surface area contributed by atoms with Crippen LogP contribution in [0.1, 0.15) is 5.76 Å². The average molecular weight is 248 g/mol. The smallest absolute Gasteiger partial charge is 0.275 e. The molecule has 3 aromatic rings. The van der Waals surface area contributed by atoms with Gasteiger partial charge in [0, 0.05) is 0 Å². The van der Waals surface area contributed by atoms with Crippen LogP contribution >= 0.6 is 11.8 Å². The maximum absolute atomic E-state index is 5.14. The Morgan fingerprint density at radius 2 is 2.41 bits per heavy atom. The molecular weight excluding hydrogens is 240 g/mol. The molecule has 3 heterocycles. The Kier molecular flexibility index (Phi) is 2.41. The Hall–Kier alpha value is -2.09. The zero-order valence-electron chi connectivity index (χ0n) is 8.89. The van der Waals surface area contributed by atoms with Crippen molar-refractivity contribution in [2.24, 2.45) is 5.10 Å². The summed E-state index contributed by atoms with van der Waals surface area (Å²) in [5.74, 6) is 1.23. The summed E-state index contributed by atoms with van der Waals surface area (Å²) in [6.45, 7) is 0. The predicted octanol–water partition coefficient (Wildman–Crippen LogP) is 1.12. The van der Waals surface area contributed by atoms with Gasteiger partial charge in [-0.05, 0) is 18.4 Å². The van der Waals surface area contributed by atoms with Crippen molar-refractivity contribution in [3.8, 4) is 0 Å². The second kappa shape index (κ2) is 4.06. The van der Waals surface area contributed by atoms with Gasteiger partial charge >= 0.3 is 0 Å². The molecule has 3 aromatic heterocycles. The molecule has 0 unspecified atom stereocenters. The molecule has 0 atom stereocenters. The fraction of sp³-hybridized carbons (Fsp3) is 0.111. The van der Waals surface area contributed by atoms with Crippen LogP contribution in [0, 0.1) is 0 Å². The van der Waals surface area contributed by atoms with Gasteiger partial charge in [0.05, 0.1) is 12.5 Å². The lowest BCUT2D eigenvalue weighted by molar-refractivity contribution is 0.559. The summed E-state index contributed by atoms with van der Waals surface area (Å²) in [5.41, 5.74) is 0. The standard InChI is InChI=1S/C9H8N6OS/c1-17-9-13-12-8-14(6-11-15(8)9)10-5-7-3-2-4-16-7/h2-6H,1H3. The van der Waals surface area contributed by atoms with E-state index in [1.807, 2.05) is 12.3 Å². The van der Waals surface area contributed by atoms with Gasteiger partial charge in [0.25, 0.3) is 5.78 Å². The lowest BCUT2D eigenvalue weighted by atomic mass is 10.5. The molecule has 17 heavy (non-hydrogen) atoms. The summed E-state index contributed by atoms with van der Waals surface area (Å²) < 4.78 is 8.31. The van der Waals surface area contributed by atoms with E-state index < -0.39 is 0 Å². The Bertz CT molecular complexity index is 652. The third-order valence-electron chi connectivity index (χ3n) is 2.11. The number of fused-ring (bicyclic) bond motifs is 1. The van der Waals surface area contributed by atoms with Crippen molar-refractivity contribution in [3.05, 3.63) is 30.5 Å². The van der Waals surface area contributed by atoms with Crippen LogP contribution in [0.2, 0.25) is 0 Å². The molecule has 86 valence electrons. The molecule has 0 aromatic carbocycles. The summed E-state index contributed by atoms with van der Waals surface area (Å²) in [4.78, 5) is 0. The molecule has 3 rings (SSSR count). The summed E-state index contributed by atoms with van der Waals surface area (Å²) >= 11 is 1.48. The minimum Gasteiger partial charge on any atom is -0.463 e. The van der Waals surface area contributed by atoms with E-state index in [0.29, 0.717) is 11.5 Å². The van der Waals surface area contributed by atoms with Crippen LogP contribution in [-0.4, -0.2) is 37.0 Å². The second-order valence-corrected chi connectivity index (χ2v) is 3.91. The molecule has 0 amide bonds. The minimum absolute atomic E-state index is 0.567. The Morgan fingerprint density at radius 3 is 3.18 bits per heavy atom. The maximum atomic E-state index is 5.14. The summed E-state index contributed by atoms with van der Waals surface area (Å²) in [7, 11) is 0. The second-order valence-electron chi connectivity index (χ2n) is 3.13. The van der Waals surface area contributed by atoms with E-state index in [4.69, 9.17) is 4.42 Å². The molecule has 0 saturated carbocycles. The highest BCUT2D eigenvalue weighted by atomic mass is 32.2. The highest BCUT2D eigenvalue weighted by Crippen LogP contribution is 2.12. The Balaban J connectivity index is 1.98. The summed E-state index contributed by atoms with van der Waals surface area (Å²) in [5, 5.41) is 17.0. The van der Waals surface area contributed by atoms with Crippen molar-refractivity contribution < 1.29 is 4.42 Å². The van der Waals surface area contributed by atoms with Crippen LogP contribution in [0.3, 0.4) is 0 Å². The zero-order chi connectivity index (χ0) is 11.7. The van der Waals surface area contributed by atoms with E-state index in [2.05, 4.69) is 20.4 Å². The molecule has 0 radical (unpaired) electrons. The first-order valence-electron chi connectivity index (χ1n) is 4.79. The Labute approximate surface area is 100 Å². The third-order valence-corrected chi connectivity index (χ3v) is 2.73. The first-order valence-corrected chi connectivity index (χ1v) is 6.01. The lowest BCUT2D eigenvalue weighted by Crippen LogP contribution is -1.90. The van der Waals surface area contributed by atoms with Crippen LogP contribution in [0.15, 0.2) is 39.4 Å². The van der Waals surface area contributed by atoms with E-state index in [1.54, 1.807) is 29.4 Å². The number of hydrogen-bond donors (Lipinski definition) is 0. The lowest BCUT2D eigenvalue weighted by Gasteiger charge is -1.88. The first-order chi connectivity index (χ1) is 8.38. The molecule has 0 fully saturated rings. The first kappa shape index (κ1) is 10.1. The average Bonchev–Trinajstić information content (AvgIpc) is 3.04. The number of hydrogen-bond acceptors (Lipinski definition) is 6. The molecule has 0 spiro atoms. The highest BCUT2D eigenvalue weighted by Gasteiger charge is 2.09. The van der Waals surface area contributed by atoms with Gasteiger partial charge in [-0.25, -0.2) is 0 Å². The normalized spacial score (nSPS) is 11.8. The number of rotatable bonds is 3. The number of aromatic nitrogens is 5. The van der Waals surface area contributed by atoms with Gasteiger partial charge in [0.1, 0.15) is 12.1 Å². The van der Waals surface area contributed by atoms with Crippen molar-refractivity contribution >= 4 is 23.8 Å². The van der Waals surface area contributed by atoms with E-state index in [0.717, 1.165) is 5.16 Å². The topological polar surface area (TPSA) is 73.5 Å². The summed E-state index contributed by atoms with van der Waals surface area (Å²) in [6, 6.07) is 3.61. The monoisotopic (exact) mass is 248 g/mol. The molecule has 8 heteroatoms. The van der Waals surface area contributed by atoms with Crippen molar-refractivity contribution in [2.45, 2.75) is 5.16 Å². The van der Waals surface area contributed by atoms with Crippen molar-refractivity contribution in [1.82, 2.24) is 24.5 Å². The van der Waals surface area contributed by atoms with E-state index >= 15 is 0 Å². The van der Waals surface area contributed by atoms with Crippen LogP contribution in [0.5, 0.6) is 0 Å². The highest BCUT2D eigenvalue weighted by molar-refractivity contribution is 7.98. The van der Waals surface area contributed by atoms with Gasteiger partial charge in [-0.15, -0.1) is 10.2 Å². The molecule has 0 N–H and O–H groups in total. The fourth-order valence-corrected chi connectivity index (χ4v) is 1.77. The maximum Gasteiger partial charge on any atom is 0.275 e. The number of furan rings is 1. The zero-order valence-corrected chi connectivity index (χ0v) is 9.70. The molecule has 0 saturated heterocycles. The van der Waals surface area contributed by atoms with Gasteiger partial charge in [0.15, 0.2) is 0 Å². The van der Waals surface area contributed by atoms with Crippen molar-refractivity contribution in [3.63, 3.8) is 0 Å². The van der Waals surface area contributed by atoms with Gasteiger partial charge < -0.3 is 4.42 Å². The van der Waals surface area contributed by atoms with Crippen LogP contribution in [-0.2, 0) is 0 Å². The van der Waals surface area contributed by atoms with Crippen LogP contribution < -0.4 is 0 Å². The van der Waals surface area contributed by atoms with Crippen molar-refractivity contribution in [2.75, 3.05) is 6.26 Å². The van der Waals surface area contributed by atoms with E-state index in [1.165, 1.54) is 16.4 Å². The van der Waals surface area contributed by atoms with Crippen LogP contribution in [0.25, 0.3) is 5.78 Å². The van der Waals surface area contributed by atoms with Gasteiger partial charge in [-0.2, -0.15) is 19.4 Å². The molecular formula is C9H8N6OS. The number of thioether (sulfide) groups is 1. The number of nitrogens with zero attached hydrogens (tertiary/aromatic N) is 6. The van der Waals surface area contributed by atoms with E-state index in [-0.39, 0.29) is 0 Å². The molecule has 0 aliphatic carbocycles. The third kappa shape index (κ3) is 1.72. The molecule has 0 bridgehead atoms. The van der Waals surface area contributed by atoms with E-state index in [9.17, 15) is 0 Å². The largest absolute Gasteiger partial charge is 0.463 e. The fourth-order valence-electron chi connectivity index (χ4n) is 1.35. The molecule has 7 nitrogen and oxygen atoms in total. The molecule has 0 aliphatic rings. The quantitative estimate of drug-likeness (QED) is 0.513.